The maximum absolute atomic E-state index is 12.9. The summed E-state index contributed by atoms with van der Waals surface area (Å²) in [5, 5.41) is 22.6. The summed E-state index contributed by atoms with van der Waals surface area (Å²) in [7, 11) is 0. The number of nitro groups is 2. The van der Waals surface area contributed by atoms with Crippen molar-refractivity contribution >= 4 is 23.1 Å². The molecule has 0 N–H and O–H groups in total. The first-order valence-corrected chi connectivity index (χ1v) is 14.2. The molecule has 0 radical (unpaired) electrons. The van der Waals surface area contributed by atoms with Crippen molar-refractivity contribution in [3.63, 3.8) is 0 Å². The van der Waals surface area contributed by atoms with Crippen molar-refractivity contribution in [1.82, 2.24) is 0 Å². The molecule has 0 spiro atoms. The van der Waals surface area contributed by atoms with E-state index >= 15 is 0 Å². The number of ketones is 1. The predicted molar refractivity (Wildman–Crippen MR) is 149 cm³/mol. The number of non-ortho nitro benzene ring substituents is 2. The van der Waals surface area contributed by atoms with E-state index in [2.05, 4.69) is 6.92 Å². The summed E-state index contributed by atoms with van der Waals surface area (Å²) >= 11 is 0. The van der Waals surface area contributed by atoms with Gasteiger partial charge in [-0.25, -0.2) is 4.79 Å². The second-order valence-electron chi connectivity index (χ2n) is 10.2. The van der Waals surface area contributed by atoms with Crippen molar-refractivity contribution in [2.24, 2.45) is 0 Å². The van der Waals surface area contributed by atoms with Gasteiger partial charge >= 0.3 is 5.97 Å². The maximum Gasteiger partial charge on any atom is 0.339 e. The van der Waals surface area contributed by atoms with Gasteiger partial charge in [0.2, 0.25) is 0 Å². The summed E-state index contributed by atoms with van der Waals surface area (Å²) in [6.45, 7) is 2.41. The van der Waals surface area contributed by atoms with Crippen LogP contribution in [0.1, 0.15) is 123 Å². The molecule has 3 rings (SSSR count). The van der Waals surface area contributed by atoms with E-state index < -0.39 is 27.3 Å². The normalized spacial score (nSPS) is 11.8. The van der Waals surface area contributed by atoms with Crippen molar-refractivity contribution in [2.45, 2.75) is 96.8 Å². The van der Waals surface area contributed by atoms with Gasteiger partial charge in [-0.05, 0) is 18.1 Å². The molecule has 0 atom stereocenters. The van der Waals surface area contributed by atoms with Crippen LogP contribution < -0.4 is 0 Å². The standard InChI is InChI=1S/C30H38N2O7/c1-2-3-4-5-6-7-8-9-10-11-12-13-14-15-18-39-30(34)27-21-23(32(37)38)20-26-28(27)24-17-16-22(31(35)36)19-25(24)29(26)33/h16-17,19-21H,2-15,18H2,1H3. The number of hydrogen-bond donors (Lipinski definition) is 0. The highest BCUT2D eigenvalue weighted by Gasteiger charge is 2.35. The summed E-state index contributed by atoms with van der Waals surface area (Å²) in [6.07, 6.45) is 16.9. The Labute approximate surface area is 229 Å². The van der Waals surface area contributed by atoms with Gasteiger partial charge in [0, 0.05) is 41.0 Å². The monoisotopic (exact) mass is 538 g/mol. The minimum absolute atomic E-state index is 0.0249. The van der Waals surface area contributed by atoms with E-state index in [4.69, 9.17) is 4.74 Å². The van der Waals surface area contributed by atoms with Crippen LogP contribution in [0, 0.1) is 20.2 Å². The molecule has 0 bridgehead atoms. The van der Waals surface area contributed by atoms with Crippen molar-refractivity contribution in [2.75, 3.05) is 6.61 Å². The van der Waals surface area contributed by atoms with E-state index in [9.17, 15) is 29.8 Å². The van der Waals surface area contributed by atoms with Crippen molar-refractivity contribution in [3.05, 3.63) is 67.3 Å². The topological polar surface area (TPSA) is 130 Å². The molecule has 0 aliphatic heterocycles. The molecule has 0 saturated carbocycles. The lowest BCUT2D eigenvalue weighted by Gasteiger charge is -2.10. The Morgan fingerprint density at radius 1 is 0.692 bits per heavy atom. The quantitative estimate of drug-likeness (QED) is 0.0688. The average molecular weight is 539 g/mol. The molecular weight excluding hydrogens is 500 g/mol. The van der Waals surface area contributed by atoms with E-state index in [-0.39, 0.29) is 34.5 Å². The Morgan fingerprint density at radius 3 is 1.74 bits per heavy atom. The van der Waals surface area contributed by atoms with Crippen molar-refractivity contribution < 1.29 is 24.2 Å². The Hall–Kier alpha value is -3.62. The molecule has 0 aromatic heterocycles. The third kappa shape index (κ3) is 8.18. The smallest absolute Gasteiger partial charge is 0.339 e. The number of carbonyl (C=O) groups is 2. The second-order valence-corrected chi connectivity index (χ2v) is 10.2. The first-order valence-electron chi connectivity index (χ1n) is 14.2. The first-order chi connectivity index (χ1) is 18.8. The van der Waals surface area contributed by atoms with Gasteiger partial charge in [-0.1, -0.05) is 90.4 Å². The number of unbranched alkanes of at least 4 members (excludes halogenated alkanes) is 13. The first kappa shape index (κ1) is 29.9. The molecule has 0 amide bonds. The van der Waals surface area contributed by atoms with Crippen LogP contribution in [0.4, 0.5) is 11.4 Å². The molecule has 9 nitrogen and oxygen atoms in total. The maximum atomic E-state index is 12.9. The number of ether oxygens (including phenoxy) is 1. The molecule has 0 heterocycles. The number of rotatable bonds is 18. The van der Waals surface area contributed by atoms with Crippen LogP contribution in [-0.2, 0) is 4.74 Å². The third-order valence-electron chi connectivity index (χ3n) is 7.26. The Balaban J connectivity index is 1.46. The number of hydrogen-bond acceptors (Lipinski definition) is 7. The summed E-state index contributed by atoms with van der Waals surface area (Å²) in [6, 6.07) is 5.98. The van der Waals surface area contributed by atoms with E-state index in [0.717, 1.165) is 37.5 Å². The lowest BCUT2D eigenvalue weighted by atomic mass is 9.98. The highest BCUT2D eigenvalue weighted by atomic mass is 16.6. The highest BCUT2D eigenvalue weighted by Crippen LogP contribution is 2.42. The Bertz CT molecular complexity index is 1190. The molecule has 2 aromatic rings. The van der Waals surface area contributed by atoms with Crippen molar-refractivity contribution in [3.8, 4) is 11.1 Å². The summed E-state index contributed by atoms with van der Waals surface area (Å²) in [5.41, 5.74) is -0.186. The van der Waals surface area contributed by atoms with E-state index in [0.29, 0.717) is 12.0 Å². The number of nitrogens with zero attached hydrogens (tertiary/aromatic N) is 2. The predicted octanol–water partition coefficient (Wildman–Crippen LogP) is 8.35. The van der Waals surface area contributed by atoms with Gasteiger partial charge in [0.15, 0.2) is 5.78 Å². The van der Waals surface area contributed by atoms with E-state index in [1.54, 1.807) is 0 Å². The summed E-state index contributed by atoms with van der Waals surface area (Å²) in [5.74, 6) is -1.34. The Kier molecular flexibility index (Phi) is 11.6. The fourth-order valence-electron chi connectivity index (χ4n) is 5.10. The molecule has 39 heavy (non-hydrogen) atoms. The molecule has 9 heteroatoms. The van der Waals surface area contributed by atoms with Crippen LogP contribution in [-0.4, -0.2) is 28.2 Å². The average Bonchev–Trinajstić information content (AvgIpc) is 3.21. The number of benzene rings is 2. The SMILES string of the molecule is CCCCCCCCCCCCCCCCOC(=O)c1cc([N+](=O)[O-])cc2c1-c1ccc([N+](=O)[O-])cc1C2=O. The van der Waals surface area contributed by atoms with Gasteiger partial charge in [0.25, 0.3) is 11.4 Å². The van der Waals surface area contributed by atoms with E-state index in [1.165, 1.54) is 76.3 Å². The molecule has 210 valence electrons. The van der Waals surface area contributed by atoms with Crippen LogP contribution in [0.15, 0.2) is 30.3 Å². The number of esters is 1. The van der Waals surface area contributed by atoms with E-state index in [1.807, 2.05) is 0 Å². The minimum Gasteiger partial charge on any atom is -0.462 e. The number of fused-ring (bicyclic) bond motifs is 3. The zero-order valence-corrected chi connectivity index (χ0v) is 22.7. The fourth-order valence-corrected chi connectivity index (χ4v) is 5.10. The number of nitro benzene ring substituents is 2. The Morgan fingerprint density at radius 2 is 1.21 bits per heavy atom. The minimum atomic E-state index is -0.747. The molecule has 1 aliphatic rings. The lowest BCUT2D eigenvalue weighted by molar-refractivity contribution is -0.385. The van der Waals surface area contributed by atoms with Gasteiger partial charge in [-0.15, -0.1) is 0 Å². The largest absolute Gasteiger partial charge is 0.462 e. The second kappa shape index (κ2) is 15.1. The number of carbonyl (C=O) groups excluding carboxylic acids is 2. The molecule has 0 fully saturated rings. The van der Waals surface area contributed by atoms with Gasteiger partial charge in [0.1, 0.15) is 0 Å². The van der Waals surface area contributed by atoms with Gasteiger partial charge in [-0.2, -0.15) is 0 Å². The fraction of sp³-hybridized carbons (Fsp3) is 0.533. The van der Waals surface area contributed by atoms with Crippen LogP contribution in [0.3, 0.4) is 0 Å². The third-order valence-corrected chi connectivity index (χ3v) is 7.26. The van der Waals surface area contributed by atoms with Gasteiger partial charge < -0.3 is 4.74 Å². The van der Waals surface area contributed by atoms with Gasteiger partial charge in [-0.3, -0.25) is 25.0 Å². The molecule has 1 aliphatic carbocycles. The van der Waals surface area contributed by atoms with Crippen LogP contribution >= 0.6 is 0 Å². The highest BCUT2D eigenvalue weighted by molar-refractivity contribution is 6.24. The molecule has 2 aromatic carbocycles. The summed E-state index contributed by atoms with van der Waals surface area (Å²) < 4.78 is 5.43. The summed E-state index contributed by atoms with van der Waals surface area (Å²) in [4.78, 5) is 47.2. The zero-order chi connectivity index (χ0) is 28.2. The van der Waals surface area contributed by atoms with Crippen LogP contribution in [0.25, 0.3) is 11.1 Å². The van der Waals surface area contributed by atoms with Crippen molar-refractivity contribution in [1.29, 1.82) is 0 Å². The van der Waals surface area contributed by atoms with Crippen LogP contribution in [0.5, 0.6) is 0 Å². The van der Waals surface area contributed by atoms with Crippen LogP contribution in [0.2, 0.25) is 0 Å². The molecule has 0 unspecified atom stereocenters. The molecule has 0 saturated heterocycles. The zero-order valence-electron chi connectivity index (χ0n) is 22.7. The lowest BCUT2D eigenvalue weighted by Crippen LogP contribution is -2.10. The van der Waals surface area contributed by atoms with Gasteiger partial charge in [0.05, 0.1) is 22.0 Å². The molecular formula is C30H38N2O7.